The number of carbonyl (C=O) groups excluding carboxylic acids is 2. The van der Waals surface area contributed by atoms with E-state index in [4.69, 9.17) is 4.74 Å². The molecule has 0 aromatic heterocycles. The van der Waals surface area contributed by atoms with Gasteiger partial charge in [-0.1, -0.05) is 30.3 Å². The predicted octanol–water partition coefficient (Wildman–Crippen LogP) is 2.89. The van der Waals surface area contributed by atoms with Crippen LogP contribution < -0.4 is 15.4 Å². The van der Waals surface area contributed by atoms with Gasteiger partial charge in [0.1, 0.15) is 11.5 Å². The summed E-state index contributed by atoms with van der Waals surface area (Å²) in [5.41, 5.74) is 0.839. The topological polar surface area (TPSA) is 67.4 Å². The lowest BCUT2D eigenvalue weighted by atomic mass is 10.2. The number of hydrogen-bond donors (Lipinski definition) is 2. The van der Waals surface area contributed by atoms with Gasteiger partial charge in [0.05, 0.1) is 6.54 Å². The summed E-state index contributed by atoms with van der Waals surface area (Å²) in [6, 6.07) is 17.2. The van der Waals surface area contributed by atoms with Crippen molar-refractivity contribution in [2.24, 2.45) is 0 Å². The van der Waals surface area contributed by atoms with E-state index >= 15 is 0 Å². The largest absolute Gasteiger partial charge is 0.457 e. The number of ether oxygens (including phenoxy) is 1. The average Bonchev–Trinajstić information content (AvgIpc) is 3.43. The van der Waals surface area contributed by atoms with Gasteiger partial charge >= 0.3 is 0 Å². The third-order valence-corrected chi connectivity index (χ3v) is 3.63. The first-order valence-corrected chi connectivity index (χ1v) is 8.27. The second-order valence-corrected chi connectivity index (χ2v) is 5.88. The summed E-state index contributed by atoms with van der Waals surface area (Å²) in [5.74, 6) is 0.989. The number of amides is 2. The molecule has 0 bridgehead atoms. The zero-order chi connectivity index (χ0) is 17.5. The molecule has 2 N–H and O–H groups in total. The second-order valence-electron chi connectivity index (χ2n) is 5.88. The van der Waals surface area contributed by atoms with Crippen LogP contribution in [-0.4, -0.2) is 24.4 Å². The highest BCUT2D eigenvalue weighted by Gasteiger charge is 2.22. The average molecular weight is 336 g/mol. The third-order valence-electron chi connectivity index (χ3n) is 3.63. The zero-order valence-corrected chi connectivity index (χ0v) is 13.8. The molecule has 5 heteroatoms. The number of carbonyl (C=O) groups is 2. The van der Waals surface area contributed by atoms with Gasteiger partial charge in [-0.25, -0.2) is 0 Å². The lowest BCUT2D eigenvalue weighted by Gasteiger charge is -2.06. The molecule has 0 unspecified atom stereocenters. The maximum atomic E-state index is 11.8. The first kappa shape index (κ1) is 16.8. The predicted molar refractivity (Wildman–Crippen MR) is 96.2 cm³/mol. The minimum absolute atomic E-state index is 0.00314. The Morgan fingerprint density at radius 2 is 1.80 bits per heavy atom. The molecule has 0 heterocycles. The van der Waals surface area contributed by atoms with Crippen molar-refractivity contribution >= 4 is 17.9 Å². The highest BCUT2D eigenvalue weighted by molar-refractivity contribution is 5.94. The highest BCUT2D eigenvalue weighted by atomic mass is 16.5. The van der Waals surface area contributed by atoms with Gasteiger partial charge in [0.2, 0.25) is 11.8 Å². The van der Waals surface area contributed by atoms with Crippen LogP contribution in [0.1, 0.15) is 18.4 Å². The molecule has 25 heavy (non-hydrogen) atoms. The van der Waals surface area contributed by atoms with E-state index in [1.54, 1.807) is 6.08 Å². The number of rotatable bonds is 7. The quantitative estimate of drug-likeness (QED) is 0.764. The summed E-state index contributed by atoms with van der Waals surface area (Å²) >= 11 is 0. The number of benzene rings is 2. The molecule has 1 aliphatic rings. The van der Waals surface area contributed by atoms with E-state index in [-0.39, 0.29) is 18.4 Å². The molecule has 0 aliphatic heterocycles. The Balaban J connectivity index is 1.51. The molecule has 5 nitrogen and oxygen atoms in total. The van der Waals surface area contributed by atoms with Gasteiger partial charge in [-0.2, -0.15) is 0 Å². The Hall–Kier alpha value is -3.08. The summed E-state index contributed by atoms with van der Waals surface area (Å²) in [6.45, 7) is -0.00314. The van der Waals surface area contributed by atoms with E-state index in [9.17, 15) is 9.59 Å². The molecule has 1 fully saturated rings. The van der Waals surface area contributed by atoms with Gasteiger partial charge in [0.25, 0.3) is 0 Å². The molecule has 0 atom stereocenters. The lowest BCUT2D eigenvalue weighted by Crippen LogP contribution is -2.37. The van der Waals surface area contributed by atoms with E-state index in [0.717, 1.165) is 24.2 Å². The number of hydrogen-bond acceptors (Lipinski definition) is 3. The van der Waals surface area contributed by atoms with E-state index in [1.807, 2.05) is 54.6 Å². The van der Waals surface area contributed by atoms with Crippen LogP contribution in [0.3, 0.4) is 0 Å². The zero-order valence-electron chi connectivity index (χ0n) is 13.8. The Morgan fingerprint density at radius 1 is 1.04 bits per heavy atom. The third kappa shape index (κ3) is 5.80. The van der Waals surface area contributed by atoms with E-state index in [0.29, 0.717) is 11.8 Å². The fourth-order valence-electron chi connectivity index (χ4n) is 2.21. The maximum absolute atomic E-state index is 11.8. The van der Waals surface area contributed by atoms with Gasteiger partial charge in [-0.15, -0.1) is 0 Å². The van der Waals surface area contributed by atoms with Crippen LogP contribution >= 0.6 is 0 Å². The summed E-state index contributed by atoms with van der Waals surface area (Å²) < 4.78 is 5.76. The molecule has 2 aromatic rings. The minimum Gasteiger partial charge on any atom is -0.457 e. The molecule has 1 aliphatic carbocycles. The Labute approximate surface area is 146 Å². The van der Waals surface area contributed by atoms with Crippen molar-refractivity contribution in [3.63, 3.8) is 0 Å². The fraction of sp³-hybridized carbons (Fsp3) is 0.200. The summed E-state index contributed by atoms with van der Waals surface area (Å²) in [5, 5.41) is 5.39. The lowest BCUT2D eigenvalue weighted by molar-refractivity contribution is -0.124. The van der Waals surface area contributed by atoms with Crippen molar-refractivity contribution < 1.29 is 14.3 Å². The first-order chi connectivity index (χ1) is 12.2. The molecule has 1 saturated carbocycles. The van der Waals surface area contributed by atoms with Crippen LogP contribution in [0.4, 0.5) is 0 Å². The smallest absolute Gasteiger partial charge is 0.244 e. The van der Waals surface area contributed by atoms with Crippen molar-refractivity contribution in [1.82, 2.24) is 10.6 Å². The van der Waals surface area contributed by atoms with E-state index in [2.05, 4.69) is 10.6 Å². The summed E-state index contributed by atoms with van der Waals surface area (Å²) in [7, 11) is 0. The van der Waals surface area contributed by atoms with Crippen LogP contribution in [0.5, 0.6) is 11.5 Å². The molecule has 0 spiro atoms. The van der Waals surface area contributed by atoms with Crippen LogP contribution in [-0.2, 0) is 9.59 Å². The van der Waals surface area contributed by atoms with Crippen molar-refractivity contribution in [3.05, 3.63) is 66.2 Å². The normalized spacial score (nSPS) is 13.4. The summed E-state index contributed by atoms with van der Waals surface area (Å²) in [6.07, 6.45) is 5.15. The maximum Gasteiger partial charge on any atom is 0.244 e. The Bertz CT molecular complexity index is 768. The van der Waals surface area contributed by atoms with E-state index in [1.165, 1.54) is 6.08 Å². The monoisotopic (exact) mass is 336 g/mol. The number of nitrogens with one attached hydrogen (secondary N) is 2. The SMILES string of the molecule is O=C(/C=C/c1cccc(Oc2ccccc2)c1)NCC(=O)NC1CC1. The fourth-order valence-corrected chi connectivity index (χ4v) is 2.21. The van der Waals surface area contributed by atoms with E-state index < -0.39 is 0 Å². The molecule has 3 rings (SSSR count). The standard InChI is InChI=1S/C20H20N2O3/c23-19(21-14-20(24)22-16-10-11-16)12-9-15-5-4-8-18(13-15)25-17-6-2-1-3-7-17/h1-9,12-13,16H,10-11,14H2,(H,21,23)(H,22,24)/b12-9+. The molecule has 0 saturated heterocycles. The van der Waals surface area contributed by atoms with Crippen LogP contribution in [0.2, 0.25) is 0 Å². The molecule has 2 amide bonds. The van der Waals surface area contributed by atoms with Gasteiger partial charge < -0.3 is 15.4 Å². The molecular weight excluding hydrogens is 316 g/mol. The first-order valence-electron chi connectivity index (χ1n) is 8.27. The van der Waals surface area contributed by atoms with Gasteiger partial charge in [-0.3, -0.25) is 9.59 Å². The Morgan fingerprint density at radius 3 is 2.56 bits per heavy atom. The van der Waals surface area contributed by atoms with Crippen molar-refractivity contribution in [3.8, 4) is 11.5 Å². The number of para-hydroxylation sites is 1. The minimum atomic E-state index is -0.305. The van der Waals surface area contributed by atoms with Gasteiger partial charge in [0, 0.05) is 12.1 Å². The van der Waals surface area contributed by atoms with Gasteiger partial charge in [-0.05, 0) is 48.7 Å². The molecular formula is C20H20N2O3. The molecule has 2 aromatic carbocycles. The van der Waals surface area contributed by atoms with Crippen LogP contribution in [0.25, 0.3) is 6.08 Å². The van der Waals surface area contributed by atoms with Crippen LogP contribution in [0.15, 0.2) is 60.7 Å². The molecule has 128 valence electrons. The van der Waals surface area contributed by atoms with Gasteiger partial charge in [0.15, 0.2) is 0 Å². The van der Waals surface area contributed by atoms with Crippen molar-refractivity contribution in [2.45, 2.75) is 18.9 Å². The van der Waals surface area contributed by atoms with Crippen LogP contribution in [0, 0.1) is 0 Å². The Kier molecular flexibility index (Phi) is 5.46. The molecule has 0 radical (unpaired) electrons. The summed E-state index contributed by atoms with van der Waals surface area (Å²) in [4.78, 5) is 23.3. The second kappa shape index (κ2) is 8.15. The van der Waals surface area contributed by atoms with Crippen molar-refractivity contribution in [2.75, 3.05) is 6.54 Å². The van der Waals surface area contributed by atoms with Crippen molar-refractivity contribution in [1.29, 1.82) is 0 Å². The highest BCUT2D eigenvalue weighted by Crippen LogP contribution is 2.22.